The summed E-state index contributed by atoms with van der Waals surface area (Å²) in [5.41, 5.74) is 3.89. The number of nitrogens with two attached hydrogens (primary N) is 1. The maximum absolute atomic E-state index is 6.05. The van der Waals surface area contributed by atoms with Gasteiger partial charge in [-0.15, -0.1) is 0 Å². The van der Waals surface area contributed by atoms with E-state index in [9.17, 15) is 0 Å². The quantitative estimate of drug-likeness (QED) is 0.424. The predicted molar refractivity (Wildman–Crippen MR) is 69.8 cm³/mol. The average molecular weight is 258 g/mol. The Labute approximate surface area is 107 Å². The number of nitrogens with one attached hydrogen (secondary N) is 1. The summed E-state index contributed by atoms with van der Waals surface area (Å²) in [5, 5.41) is 0.692. The second-order valence-electron chi connectivity index (χ2n) is 3.87. The summed E-state index contributed by atoms with van der Waals surface area (Å²) in [6.45, 7) is 3.53. The number of hydrazine groups is 1. The van der Waals surface area contributed by atoms with Gasteiger partial charge in [0.1, 0.15) is 0 Å². The van der Waals surface area contributed by atoms with Crippen molar-refractivity contribution in [3.8, 4) is 0 Å². The van der Waals surface area contributed by atoms with Gasteiger partial charge in [0, 0.05) is 31.6 Å². The lowest BCUT2D eigenvalue weighted by molar-refractivity contribution is 0.140. The molecule has 1 unspecified atom stereocenters. The van der Waals surface area contributed by atoms with E-state index in [0.717, 1.165) is 38.0 Å². The Morgan fingerprint density at radius 3 is 3.06 bits per heavy atom. The molecular formula is C12H20ClN3O. The molecule has 1 heterocycles. The van der Waals surface area contributed by atoms with Gasteiger partial charge in [0.05, 0.1) is 5.02 Å². The standard InChI is InChI=1S/C12H20ClN3O/c1-2-17-7-3-4-11(16-14)8-10-5-6-15-9-12(10)13/h5-6,9,11,16H,2-4,7-8,14H2,1H3. The van der Waals surface area contributed by atoms with E-state index in [0.29, 0.717) is 5.02 Å². The van der Waals surface area contributed by atoms with E-state index in [1.807, 2.05) is 13.0 Å². The first kappa shape index (κ1) is 14.4. The fraction of sp³-hybridized carbons (Fsp3) is 0.583. The van der Waals surface area contributed by atoms with Crippen molar-refractivity contribution in [2.24, 2.45) is 5.84 Å². The Morgan fingerprint density at radius 2 is 2.41 bits per heavy atom. The lowest BCUT2D eigenvalue weighted by Crippen LogP contribution is -2.37. The highest BCUT2D eigenvalue weighted by molar-refractivity contribution is 6.31. The van der Waals surface area contributed by atoms with Crippen molar-refractivity contribution in [3.05, 3.63) is 29.0 Å². The topological polar surface area (TPSA) is 60.2 Å². The number of pyridine rings is 1. The minimum absolute atomic E-state index is 0.218. The van der Waals surface area contributed by atoms with E-state index in [2.05, 4.69) is 10.4 Å². The Kier molecular flexibility index (Phi) is 7.12. The first-order chi connectivity index (χ1) is 8.27. The van der Waals surface area contributed by atoms with Gasteiger partial charge in [-0.3, -0.25) is 16.3 Å². The van der Waals surface area contributed by atoms with E-state index in [-0.39, 0.29) is 6.04 Å². The molecule has 0 amide bonds. The molecule has 0 saturated heterocycles. The van der Waals surface area contributed by atoms with Gasteiger partial charge in [-0.1, -0.05) is 11.6 Å². The minimum atomic E-state index is 0.218. The van der Waals surface area contributed by atoms with Crippen molar-refractivity contribution in [2.45, 2.75) is 32.2 Å². The molecule has 0 aliphatic heterocycles. The fourth-order valence-electron chi connectivity index (χ4n) is 1.66. The zero-order chi connectivity index (χ0) is 12.5. The summed E-state index contributed by atoms with van der Waals surface area (Å²) in [6, 6.07) is 2.14. The van der Waals surface area contributed by atoms with Crippen LogP contribution in [0.15, 0.2) is 18.5 Å². The van der Waals surface area contributed by atoms with Crippen LogP contribution in [0.4, 0.5) is 0 Å². The summed E-state index contributed by atoms with van der Waals surface area (Å²) in [4.78, 5) is 3.96. The summed E-state index contributed by atoms with van der Waals surface area (Å²) in [6.07, 6.45) is 6.17. The van der Waals surface area contributed by atoms with Crippen LogP contribution in [0.2, 0.25) is 5.02 Å². The molecule has 0 spiro atoms. The van der Waals surface area contributed by atoms with Gasteiger partial charge in [0.25, 0.3) is 0 Å². The summed E-state index contributed by atoms with van der Waals surface area (Å²) < 4.78 is 5.30. The van der Waals surface area contributed by atoms with Gasteiger partial charge < -0.3 is 4.74 Å². The predicted octanol–water partition coefficient (Wildman–Crippen LogP) is 1.93. The number of rotatable bonds is 8. The van der Waals surface area contributed by atoms with Crippen LogP contribution in [0.25, 0.3) is 0 Å². The van der Waals surface area contributed by atoms with E-state index in [4.69, 9.17) is 22.2 Å². The number of aromatic nitrogens is 1. The van der Waals surface area contributed by atoms with Crippen LogP contribution >= 0.6 is 11.6 Å². The smallest absolute Gasteiger partial charge is 0.0621 e. The highest BCUT2D eigenvalue weighted by atomic mass is 35.5. The van der Waals surface area contributed by atoms with Gasteiger partial charge in [0.15, 0.2) is 0 Å². The molecule has 1 aromatic heterocycles. The van der Waals surface area contributed by atoms with Gasteiger partial charge in [-0.25, -0.2) is 0 Å². The highest BCUT2D eigenvalue weighted by Crippen LogP contribution is 2.16. The number of hydrogen-bond acceptors (Lipinski definition) is 4. The molecular weight excluding hydrogens is 238 g/mol. The van der Waals surface area contributed by atoms with Crippen molar-refractivity contribution in [1.82, 2.24) is 10.4 Å². The number of halogens is 1. The van der Waals surface area contributed by atoms with Crippen molar-refractivity contribution >= 4 is 11.6 Å². The molecule has 0 saturated carbocycles. The SMILES string of the molecule is CCOCCCC(Cc1ccncc1Cl)NN. The molecule has 0 aromatic carbocycles. The van der Waals surface area contributed by atoms with Gasteiger partial charge in [0.2, 0.25) is 0 Å². The first-order valence-corrected chi connectivity index (χ1v) is 6.28. The van der Waals surface area contributed by atoms with Gasteiger partial charge in [-0.05, 0) is 37.8 Å². The van der Waals surface area contributed by atoms with Crippen molar-refractivity contribution in [3.63, 3.8) is 0 Å². The van der Waals surface area contributed by atoms with Crippen LogP contribution in [-0.4, -0.2) is 24.2 Å². The van der Waals surface area contributed by atoms with Crippen LogP contribution < -0.4 is 11.3 Å². The van der Waals surface area contributed by atoms with Crippen LogP contribution in [0, 0.1) is 0 Å². The maximum atomic E-state index is 6.05. The highest BCUT2D eigenvalue weighted by Gasteiger charge is 2.09. The summed E-state index contributed by atoms with van der Waals surface area (Å²) >= 11 is 6.05. The number of ether oxygens (including phenoxy) is 1. The monoisotopic (exact) mass is 257 g/mol. The molecule has 0 radical (unpaired) electrons. The van der Waals surface area contributed by atoms with Crippen molar-refractivity contribution < 1.29 is 4.74 Å². The van der Waals surface area contributed by atoms with Crippen LogP contribution in [0.1, 0.15) is 25.3 Å². The average Bonchev–Trinajstić information content (AvgIpc) is 2.35. The molecule has 1 rings (SSSR count). The third-order valence-corrected chi connectivity index (χ3v) is 2.94. The molecule has 5 heteroatoms. The minimum Gasteiger partial charge on any atom is -0.382 e. The van der Waals surface area contributed by atoms with Gasteiger partial charge >= 0.3 is 0 Å². The van der Waals surface area contributed by atoms with Gasteiger partial charge in [-0.2, -0.15) is 0 Å². The molecule has 0 bridgehead atoms. The molecule has 0 aliphatic carbocycles. The molecule has 1 atom stereocenters. The lowest BCUT2D eigenvalue weighted by atomic mass is 10.0. The zero-order valence-electron chi connectivity index (χ0n) is 10.2. The second-order valence-corrected chi connectivity index (χ2v) is 4.28. The first-order valence-electron chi connectivity index (χ1n) is 5.90. The zero-order valence-corrected chi connectivity index (χ0v) is 10.9. The Hall–Kier alpha value is -0.680. The fourth-order valence-corrected chi connectivity index (χ4v) is 1.85. The Morgan fingerprint density at radius 1 is 1.59 bits per heavy atom. The Balaban J connectivity index is 2.38. The van der Waals surface area contributed by atoms with E-state index >= 15 is 0 Å². The third kappa shape index (κ3) is 5.46. The third-order valence-electron chi connectivity index (χ3n) is 2.60. The molecule has 17 heavy (non-hydrogen) atoms. The molecule has 96 valence electrons. The number of nitrogens with zero attached hydrogens (tertiary/aromatic N) is 1. The molecule has 1 aromatic rings. The summed E-state index contributed by atoms with van der Waals surface area (Å²) in [5.74, 6) is 5.54. The van der Waals surface area contributed by atoms with Crippen molar-refractivity contribution in [1.29, 1.82) is 0 Å². The molecule has 3 N–H and O–H groups in total. The van der Waals surface area contributed by atoms with E-state index < -0.39 is 0 Å². The van der Waals surface area contributed by atoms with E-state index in [1.54, 1.807) is 12.4 Å². The number of hydrogen-bond donors (Lipinski definition) is 2. The lowest BCUT2D eigenvalue weighted by Gasteiger charge is -2.16. The largest absolute Gasteiger partial charge is 0.382 e. The maximum Gasteiger partial charge on any atom is 0.0621 e. The normalized spacial score (nSPS) is 12.6. The molecule has 4 nitrogen and oxygen atoms in total. The van der Waals surface area contributed by atoms with E-state index in [1.165, 1.54) is 0 Å². The van der Waals surface area contributed by atoms with Crippen LogP contribution in [-0.2, 0) is 11.2 Å². The second kappa shape index (κ2) is 8.42. The van der Waals surface area contributed by atoms with Crippen LogP contribution in [0.3, 0.4) is 0 Å². The van der Waals surface area contributed by atoms with Crippen LogP contribution in [0.5, 0.6) is 0 Å². The summed E-state index contributed by atoms with van der Waals surface area (Å²) in [7, 11) is 0. The Bertz CT molecular complexity index is 322. The van der Waals surface area contributed by atoms with Crippen molar-refractivity contribution in [2.75, 3.05) is 13.2 Å². The molecule has 0 aliphatic rings. The molecule has 0 fully saturated rings.